The average Bonchev–Trinajstić information content (AvgIpc) is 2.30. The van der Waals surface area contributed by atoms with E-state index in [4.69, 9.17) is 0 Å². The Morgan fingerprint density at radius 3 is 2.44 bits per heavy atom. The molecule has 2 aromatic rings. The molecule has 0 aromatic carbocycles. The first kappa shape index (κ1) is 12.7. The monoisotopic (exact) mass is 224 g/mol. The van der Waals surface area contributed by atoms with Crippen molar-refractivity contribution in [3.63, 3.8) is 0 Å². The predicted molar refractivity (Wildman–Crippen MR) is 47.4 cm³/mol. The van der Waals surface area contributed by atoms with E-state index in [1.165, 1.54) is 18.6 Å². The summed E-state index contributed by atoms with van der Waals surface area (Å²) in [5, 5.41) is 17.9. The van der Waals surface area contributed by atoms with Crippen LogP contribution in [0.15, 0.2) is 30.7 Å². The number of hydrogen-bond acceptors (Lipinski definition) is 6. The van der Waals surface area contributed by atoms with Crippen LogP contribution in [0.5, 0.6) is 0 Å². The van der Waals surface area contributed by atoms with Crippen LogP contribution >= 0.6 is 0 Å². The Bertz CT molecular complexity index is 475. The average molecular weight is 224 g/mol. The van der Waals surface area contributed by atoms with Crippen molar-refractivity contribution in [1.82, 2.24) is 20.2 Å². The number of nitrogens with zero attached hydrogens (tertiary/aromatic N) is 4. The zero-order valence-electron chi connectivity index (χ0n) is 8.49. The minimum absolute atomic E-state index is 0. The van der Waals surface area contributed by atoms with E-state index in [0.717, 1.165) is 0 Å². The summed E-state index contributed by atoms with van der Waals surface area (Å²) in [6, 6.07) is 3.37. The van der Waals surface area contributed by atoms with E-state index in [1.54, 1.807) is 12.1 Å². The summed E-state index contributed by atoms with van der Waals surface area (Å²) in [7, 11) is 0. The van der Waals surface area contributed by atoms with Gasteiger partial charge in [-0.05, 0) is 12.1 Å². The maximum atomic E-state index is 10.4. The van der Waals surface area contributed by atoms with Gasteiger partial charge in [0.2, 0.25) is 0 Å². The largest absolute Gasteiger partial charge is 1.00 e. The van der Waals surface area contributed by atoms with E-state index in [9.17, 15) is 9.90 Å². The maximum absolute atomic E-state index is 10.4. The van der Waals surface area contributed by atoms with E-state index in [-0.39, 0.29) is 35.1 Å². The predicted octanol–water partition coefficient (Wildman–Crippen LogP) is -3.70. The van der Waals surface area contributed by atoms with Crippen LogP contribution in [-0.4, -0.2) is 26.1 Å². The summed E-state index contributed by atoms with van der Waals surface area (Å²) in [5.41, 5.74) is 0.421. The minimum atomic E-state index is -1.30. The minimum Gasteiger partial charge on any atom is -0.545 e. The van der Waals surface area contributed by atoms with Gasteiger partial charge in [-0.25, -0.2) is 9.97 Å². The van der Waals surface area contributed by atoms with Gasteiger partial charge in [-0.3, -0.25) is 0 Å². The van der Waals surface area contributed by atoms with E-state index in [0.29, 0.717) is 11.5 Å². The van der Waals surface area contributed by atoms with Gasteiger partial charge in [0.1, 0.15) is 5.69 Å². The molecule has 7 heteroatoms. The molecule has 2 rings (SSSR count). The van der Waals surface area contributed by atoms with Crippen molar-refractivity contribution in [2.24, 2.45) is 0 Å². The maximum Gasteiger partial charge on any atom is 1.00 e. The standard InChI is InChI=1S/C9H6N4O2.Na/c14-9(15)6-4-10-8(11-5-6)7-2-1-3-12-13-7;/h1-5H,(H,14,15);/q;+1/p-1. The Morgan fingerprint density at radius 1 is 1.25 bits per heavy atom. The number of carbonyl (C=O) groups excluding carboxylic acids is 1. The molecule has 2 heterocycles. The van der Waals surface area contributed by atoms with E-state index in [2.05, 4.69) is 20.2 Å². The van der Waals surface area contributed by atoms with Crippen LogP contribution in [0.4, 0.5) is 0 Å². The number of rotatable bonds is 2. The van der Waals surface area contributed by atoms with Gasteiger partial charge < -0.3 is 9.90 Å². The normalized spacial score (nSPS) is 9.25. The van der Waals surface area contributed by atoms with Gasteiger partial charge in [-0.15, -0.1) is 5.10 Å². The van der Waals surface area contributed by atoms with E-state index < -0.39 is 5.97 Å². The van der Waals surface area contributed by atoms with Crippen molar-refractivity contribution in [2.45, 2.75) is 0 Å². The SMILES string of the molecule is O=C([O-])c1cnc(-c2cccnn2)nc1.[Na+]. The van der Waals surface area contributed by atoms with E-state index >= 15 is 0 Å². The molecule has 0 amide bonds. The summed E-state index contributed by atoms with van der Waals surface area (Å²) in [5.74, 6) is -0.978. The van der Waals surface area contributed by atoms with Gasteiger partial charge in [0, 0.05) is 24.2 Å². The van der Waals surface area contributed by atoms with Gasteiger partial charge in [-0.1, -0.05) is 0 Å². The fourth-order valence-corrected chi connectivity index (χ4v) is 0.987. The van der Waals surface area contributed by atoms with Gasteiger partial charge in [0.05, 0.1) is 5.97 Å². The first-order valence-corrected chi connectivity index (χ1v) is 4.09. The van der Waals surface area contributed by atoms with Crippen LogP contribution in [0.25, 0.3) is 11.5 Å². The Morgan fingerprint density at radius 2 is 1.94 bits per heavy atom. The molecule has 0 bridgehead atoms. The number of carboxylic acid groups (broad SMARTS) is 1. The second-order valence-electron chi connectivity index (χ2n) is 2.69. The number of carbonyl (C=O) groups is 1. The van der Waals surface area contributed by atoms with Crippen molar-refractivity contribution in [3.8, 4) is 11.5 Å². The second-order valence-corrected chi connectivity index (χ2v) is 2.69. The van der Waals surface area contributed by atoms with Crippen molar-refractivity contribution >= 4 is 5.97 Å². The Kier molecular flexibility index (Phi) is 4.48. The van der Waals surface area contributed by atoms with Crippen LogP contribution in [0, 0.1) is 0 Å². The summed E-state index contributed by atoms with van der Waals surface area (Å²) in [6.45, 7) is 0. The number of hydrogen-bond donors (Lipinski definition) is 0. The van der Waals surface area contributed by atoms with Crippen LogP contribution in [0.1, 0.15) is 10.4 Å². The molecule has 0 aliphatic carbocycles. The molecule has 0 unspecified atom stereocenters. The number of carboxylic acids is 1. The summed E-state index contributed by atoms with van der Waals surface area (Å²) in [6.07, 6.45) is 3.87. The van der Waals surface area contributed by atoms with Gasteiger partial charge >= 0.3 is 29.6 Å². The van der Waals surface area contributed by atoms with E-state index in [1.807, 2.05) is 0 Å². The molecule has 0 radical (unpaired) electrons. The van der Waals surface area contributed by atoms with Crippen LogP contribution < -0.4 is 34.7 Å². The topological polar surface area (TPSA) is 91.7 Å². The fourth-order valence-electron chi connectivity index (χ4n) is 0.987. The molecule has 2 aromatic heterocycles. The van der Waals surface area contributed by atoms with Crippen molar-refractivity contribution in [3.05, 3.63) is 36.3 Å². The summed E-state index contributed by atoms with van der Waals surface area (Å²) >= 11 is 0. The summed E-state index contributed by atoms with van der Waals surface area (Å²) < 4.78 is 0. The summed E-state index contributed by atoms with van der Waals surface area (Å²) in [4.78, 5) is 18.1. The van der Waals surface area contributed by atoms with Crippen molar-refractivity contribution < 1.29 is 39.5 Å². The molecule has 0 aliphatic rings. The zero-order chi connectivity index (χ0) is 10.7. The van der Waals surface area contributed by atoms with Crippen molar-refractivity contribution in [2.75, 3.05) is 0 Å². The third kappa shape index (κ3) is 2.82. The number of aromatic nitrogens is 4. The molecule has 6 nitrogen and oxygen atoms in total. The van der Waals surface area contributed by atoms with Crippen LogP contribution in [0.3, 0.4) is 0 Å². The van der Waals surface area contributed by atoms with Gasteiger partial charge in [0.25, 0.3) is 0 Å². The van der Waals surface area contributed by atoms with Crippen molar-refractivity contribution in [1.29, 1.82) is 0 Å². The van der Waals surface area contributed by atoms with Crippen LogP contribution in [0.2, 0.25) is 0 Å². The Hall–Kier alpha value is -1.37. The molecule has 0 spiro atoms. The number of aromatic carboxylic acids is 1. The third-order valence-corrected chi connectivity index (χ3v) is 1.69. The third-order valence-electron chi connectivity index (χ3n) is 1.69. The Balaban J connectivity index is 0.00000128. The smallest absolute Gasteiger partial charge is 0.545 e. The molecule has 0 aliphatic heterocycles. The molecule has 0 saturated heterocycles. The quantitative estimate of drug-likeness (QED) is 0.487. The van der Waals surface area contributed by atoms with Crippen LogP contribution in [-0.2, 0) is 0 Å². The first-order chi connectivity index (χ1) is 7.27. The molecular formula is C9H5N4NaO2. The molecule has 74 valence electrons. The zero-order valence-corrected chi connectivity index (χ0v) is 10.5. The molecule has 16 heavy (non-hydrogen) atoms. The molecule has 0 atom stereocenters. The molecule has 0 N–H and O–H groups in total. The first-order valence-electron chi connectivity index (χ1n) is 4.09. The van der Waals surface area contributed by atoms with Gasteiger partial charge in [-0.2, -0.15) is 5.10 Å². The Labute approximate surface area is 113 Å². The molecule has 0 fully saturated rings. The van der Waals surface area contributed by atoms with Gasteiger partial charge in [0.15, 0.2) is 5.82 Å². The fraction of sp³-hybridized carbons (Fsp3) is 0. The molecule has 0 saturated carbocycles. The molecular weight excluding hydrogens is 219 g/mol. The second kappa shape index (κ2) is 5.64.